The zero-order chi connectivity index (χ0) is 14.1. The molecule has 0 aromatic heterocycles. The van der Waals surface area contributed by atoms with E-state index in [0.717, 1.165) is 0 Å². The Morgan fingerprint density at radius 3 is 2.68 bits per heavy atom. The van der Waals surface area contributed by atoms with Crippen LogP contribution in [-0.2, 0) is 0 Å². The van der Waals surface area contributed by atoms with E-state index >= 15 is 0 Å². The molecule has 1 rings (SSSR count). The molecule has 102 valence electrons. The lowest BCUT2D eigenvalue weighted by atomic mass is 9.99. The van der Waals surface area contributed by atoms with Gasteiger partial charge >= 0.3 is 0 Å². The minimum absolute atomic E-state index is 1.23. The summed E-state index contributed by atoms with van der Waals surface area (Å²) in [6.45, 7) is 8.91. The van der Waals surface area contributed by atoms with E-state index in [-0.39, 0.29) is 0 Å². The van der Waals surface area contributed by atoms with Gasteiger partial charge in [-0.25, -0.2) is 0 Å². The van der Waals surface area contributed by atoms with E-state index in [9.17, 15) is 0 Å². The molecular weight excluding hydrogens is 244 g/mol. The molecule has 0 atom stereocenters. The number of allylic oxidation sites excluding steroid dienone is 8. The fourth-order valence-electron chi connectivity index (χ4n) is 1.81. The van der Waals surface area contributed by atoms with Gasteiger partial charge in [0.05, 0.1) is 0 Å². The van der Waals surface area contributed by atoms with Crippen LogP contribution in [0.15, 0.2) is 47.6 Å². The van der Waals surface area contributed by atoms with Crippen molar-refractivity contribution in [3.05, 3.63) is 47.6 Å². The van der Waals surface area contributed by atoms with Gasteiger partial charge in [0, 0.05) is 0 Å². The zero-order valence-corrected chi connectivity index (χ0v) is 13.8. The fourth-order valence-corrected chi connectivity index (χ4v) is 2.33. The molecule has 0 bridgehead atoms. The third kappa shape index (κ3) is 8.45. The first-order valence-corrected chi connectivity index (χ1v) is 10.7. The Hall–Kier alpha value is -1.26. The number of hydrogen-bond acceptors (Lipinski definition) is 0. The molecule has 0 aromatic carbocycles. The molecule has 19 heavy (non-hydrogen) atoms. The molecule has 0 unspecified atom stereocenters. The Balaban J connectivity index is 2.48. The van der Waals surface area contributed by atoms with Gasteiger partial charge in [-0.05, 0) is 38.7 Å². The second kappa shape index (κ2) is 8.02. The lowest BCUT2D eigenvalue weighted by molar-refractivity contribution is 0.712. The van der Waals surface area contributed by atoms with Crippen molar-refractivity contribution in [3.8, 4) is 11.5 Å². The second-order valence-electron chi connectivity index (χ2n) is 6.15. The highest BCUT2D eigenvalue weighted by Gasteiger charge is 2.06. The number of rotatable bonds is 3. The molecule has 0 amide bonds. The predicted octanol–water partition coefficient (Wildman–Crippen LogP) is 5.43. The summed E-state index contributed by atoms with van der Waals surface area (Å²) in [4.78, 5) is 0. The van der Waals surface area contributed by atoms with Gasteiger partial charge in [0.15, 0.2) is 0 Å². The van der Waals surface area contributed by atoms with Crippen molar-refractivity contribution in [2.75, 3.05) is 0 Å². The van der Waals surface area contributed by atoms with Gasteiger partial charge in [-0.1, -0.05) is 67.1 Å². The van der Waals surface area contributed by atoms with Crippen LogP contribution in [-0.4, -0.2) is 8.07 Å². The third-order valence-corrected chi connectivity index (χ3v) is 3.77. The first-order valence-electron chi connectivity index (χ1n) is 7.21. The highest BCUT2D eigenvalue weighted by molar-refractivity contribution is 6.83. The SMILES string of the molecule is CC(/C=C/C1=CCCCC1)=C\C=C\C#C[Si](C)(C)C. The summed E-state index contributed by atoms with van der Waals surface area (Å²) in [7, 11) is -1.23. The van der Waals surface area contributed by atoms with Crippen molar-refractivity contribution < 1.29 is 0 Å². The van der Waals surface area contributed by atoms with E-state index in [2.05, 4.69) is 62.3 Å². The van der Waals surface area contributed by atoms with E-state index in [1.165, 1.54) is 36.8 Å². The predicted molar refractivity (Wildman–Crippen MR) is 89.7 cm³/mol. The first kappa shape index (κ1) is 15.8. The third-order valence-electron chi connectivity index (χ3n) is 2.87. The van der Waals surface area contributed by atoms with Gasteiger partial charge in [-0.3, -0.25) is 0 Å². The topological polar surface area (TPSA) is 0 Å². The molecule has 0 radical (unpaired) electrons. The summed E-state index contributed by atoms with van der Waals surface area (Å²) >= 11 is 0. The molecule has 1 aliphatic rings. The molecule has 0 aliphatic heterocycles. The molecular formula is C18H26Si. The van der Waals surface area contributed by atoms with Crippen molar-refractivity contribution in [2.24, 2.45) is 0 Å². The maximum atomic E-state index is 3.32. The van der Waals surface area contributed by atoms with E-state index in [1.54, 1.807) is 0 Å². The number of hydrogen-bond donors (Lipinski definition) is 0. The molecule has 0 aromatic rings. The normalized spacial score (nSPS) is 17.5. The largest absolute Gasteiger partial charge is 0.129 e. The monoisotopic (exact) mass is 270 g/mol. The molecule has 0 saturated heterocycles. The fraction of sp³-hybridized carbons (Fsp3) is 0.444. The Bertz CT molecular complexity index is 456. The van der Waals surface area contributed by atoms with Crippen LogP contribution in [0.25, 0.3) is 0 Å². The highest BCUT2D eigenvalue weighted by Crippen LogP contribution is 2.18. The standard InChI is InChI=1S/C18H26Si/c1-17(11-7-6-10-16-19(2,3)4)14-15-18-12-8-5-9-13-18/h6-7,11-12,14-15H,5,8-9,13H2,1-4H3/b7-6+,15-14+,17-11+. The van der Waals surface area contributed by atoms with E-state index in [4.69, 9.17) is 0 Å². The van der Waals surface area contributed by atoms with Crippen molar-refractivity contribution in [2.45, 2.75) is 52.2 Å². The van der Waals surface area contributed by atoms with Crippen LogP contribution in [0.2, 0.25) is 19.6 Å². The van der Waals surface area contributed by atoms with Gasteiger partial charge in [0.25, 0.3) is 0 Å². The Labute approximate surface area is 120 Å². The van der Waals surface area contributed by atoms with Crippen LogP contribution < -0.4 is 0 Å². The van der Waals surface area contributed by atoms with Crippen LogP contribution >= 0.6 is 0 Å². The lowest BCUT2D eigenvalue weighted by Gasteiger charge is -2.07. The summed E-state index contributed by atoms with van der Waals surface area (Å²) in [6.07, 6.45) is 18.1. The Kier molecular flexibility index (Phi) is 6.66. The van der Waals surface area contributed by atoms with Gasteiger partial charge in [0.2, 0.25) is 0 Å². The van der Waals surface area contributed by atoms with Crippen LogP contribution in [0.4, 0.5) is 0 Å². The summed E-state index contributed by atoms with van der Waals surface area (Å²) in [5, 5.41) is 0. The lowest BCUT2D eigenvalue weighted by Crippen LogP contribution is -2.16. The first-order chi connectivity index (χ1) is 8.97. The maximum absolute atomic E-state index is 3.32. The summed E-state index contributed by atoms with van der Waals surface area (Å²) in [6, 6.07) is 0. The Morgan fingerprint density at radius 1 is 1.26 bits per heavy atom. The van der Waals surface area contributed by atoms with E-state index in [1.807, 2.05) is 12.2 Å². The van der Waals surface area contributed by atoms with Crippen LogP contribution in [0.1, 0.15) is 32.6 Å². The van der Waals surface area contributed by atoms with Gasteiger partial charge in [-0.15, -0.1) is 5.54 Å². The highest BCUT2D eigenvalue weighted by atomic mass is 28.3. The minimum atomic E-state index is -1.23. The Morgan fingerprint density at radius 2 is 2.05 bits per heavy atom. The summed E-state index contributed by atoms with van der Waals surface area (Å²) in [5.74, 6) is 3.14. The van der Waals surface area contributed by atoms with Gasteiger partial charge in [-0.2, -0.15) is 0 Å². The van der Waals surface area contributed by atoms with Crippen molar-refractivity contribution >= 4 is 8.07 Å². The van der Waals surface area contributed by atoms with E-state index in [0.29, 0.717) is 0 Å². The smallest absolute Gasteiger partial charge is 0.127 e. The van der Waals surface area contributed by atoms with Crippen molar-refractivity contribution in [3.63, 3.8) is 0 Å². The second-order valence-corrected chi connectivity index (χ2v) is 10.9. The zero-order valence-electron chi connectivity index (χ0n) is 12.8. The molecule has 0 spiro atoms. The molecule has 0 N–H and O–H groups in total. The molecule has 0 nitrogen and oxygen atoms in total. The van der Waals surface area contributed by atoms with Crippen LogP contribution in [0.3, 0.4) is 0 Å². The van der Waals surface area contributed by atoms with Gasteiger partial charge < -0.3 is 0 Å². The van der Waals surface area contributed by atoms with Crippen LogP contribution in [0, 0.1) is 11.5 Å². The maximum Gasteiger partial charge on any atom is 0.129 e. The van der Waals surface area contributed by atoms with Crippen molar-refractivity contribution in [1.29, 1.82) is 0 Å². The van der Waals surface area contributed by atoms with Crippen LogP contribution in [0.5, 0.6) is 0 Å². The molecule has 0 saturated carbocycles. The van der Waals surface area contributed by atoms with Gasteiger partial charge in [0.1, 0.15) is 8.07 Å². The molecule has 1 heteroatoms. The summed E-state index contributed by atoms with van der Waals surface area (Å²) < 4.78 is 0. The minimum Gasteiger partial charge on any atom is -0.127 e. The quantitative estimate of drug-likeness (QED) is 0.364. The summed E-state index contributed by atoms with van der Waals surface area (Å²) in [5.41, 5.74) is 6.09. The van der Waals surface area contributed by atoms with Crippen molar-refractivity contribution in [1.82, 2.24) is 0 Å². The average molecular weight is 270 g/mol. The molecule has 1 aliphatic carbocycles. The molecule has 0 heterocycles. The van der Waals surface area contributed by atoms with E-state index < -0.39 is 8.07 Å². The molecule has 0 fully saturated rings. The average Bonchev–Trinajstić information content (AvgIpc) is 2.36.